The Morgan fingerprint density at radius 1 is 1.15 bits per heavy atom. The topological polar surface area (TPSA) is 12.0 Å². The highest BCUT2D eigenvalue weighted by Crippen LogP contribution is 2.35. The molecule has 0 aromatic heterocycles. The standard InChI is InChI=1S/C19H35N/c1-3-14-20-19(18-13-9-10-16(2)15-18)17-11-7-5-4-6-8-12-17/h11,16,18-20H,3-10,12-15H2,1-2H3. The van der Waals surface area contributed by atoms with Gasteiger partial charge in [0.15, 0.2) is 0 Å². The highest BCUT2D eigenvalue weighted by molar-refractivity contribution is 5.14. The Kier molecular flexibility index (Phi) is 7.13. The molecule has 1 N–H and O–H groups in total. The summed E-state index contributed by atoms with van der Waals surface area (Å²) in [4.78, 5) is 0. The summed E-state index contributed by atoms with van der Waals surface area (Å²) in [6.07, 6.45) is 18.0. The lowest BCUT2D eigenvalue weighted by Gasteiger charge is -2.36. The third-order valence-electron chi connectivity index (χ3n) is 5.29. The highest BCUT2D eigenvalue weighted by atomic mass is 14.9. The first-order valence-electron chi connectivity index (χ1n) is 9.23. The monoisotopic (exact) mass is 277 g/mol. The molecule has 2 aliphatic rings. The van der Waals surface area contributed by atoms with Crippen molar-refractivity contribution in [3.05, 3.63) is 11.6 Å². The molecule has 0 bridgehead atoms. The maximum atomic E-state index is 3.91. The first-order chi connectivity index (χ1) is 9.81. The maximum absolute atomic E-state index is 3.91. The third-order valence-corrected chi connectivity index (χ3v) is 5.29. The first-order valence-corrected chi connectivity index (χ1v) is 9.23. The Bertz CT molecular complexity index is 294. The smallest absolute Gasteiger partial charge is 0.0307 e. The summed E-state index contributed by atoms with van der Waals surface area (Å²) in [6.45, 7) is 5.93. The molecule has 3 unspecified atom stereocenters. The van der Waals surface area contributed by atoms with Crippen LogP contribution in [0.2, 0.25) is 0 Å². The van der Waals surface area contributed by atoms with Crippen LogP contribution in [0.15, 0.2) is 11.6 Å². The number of hydrogen-bond acceptors (Lipinski definition) is 1. The van der Waals surface area contributed by atoms with Gasteiger partial charge in [-0.25, -0.2) is 0 Å². The summed E-state index contributed by atoms with van der Waals surface area (Å²) >= 11 is 0. The predicted octanol–water partition coefficient (Wildman–Crippen LogP) is 5.46. The van der Waals surface area contributed by atoms with E-state index in [1.807, 2.05) is 0 Å². The number of hydrogen-bond donors (Lipinski definition) is 1. The van der Waals surface area contributed by atoms with Crippen molar-refractivity contribution >= 4 is 0 Å². The Hall–Kier alpha value is -0.300. The van der Waals surface area contributed by atoms with Crippen LogP contribution in [0.4, 0.5) is 0 Å². The van der Waals surface area contributed by atoms with Crippen LogP contribution in [-0.4, -0.2) is 12.6 Å². The molecule has 3 atom stereocenters. The zero-order valence-electron chi connectivity index (χ0n) is 13.8. The molecule has 1 nitrogen and oxygen atoms in total. The van der Waals surface area contributed by atoms with Gasteiger partial charge in [0.25, 0.3) is 0 Å². The fourth-order valence-corrected chi connectivity index (χ4v) is 4.18. The molecule has 0 aliphatic heterocycles. The summed E-state index contributed by atoms with van der Waals surface area (Å²) in [7, 11) is 0. The van der Waals surface area contributed by atoms with Gasteiger partial charge in [0, 0.05) is 6.04 Å². The van der Waals surface area contributed by atoms with E-state index in [2.05, 4.69) is 25.2 Å². The summed E-state index contributed by atoms with van der Waals surface area (Å²) < 4.78 is 0. The van der Waals surface area contributed by atoms with Crippen molar-refractivity contribution in [1.82, 2.24) is 5.32 Å². The quantitative estimate of drug-likeness (QED) is 0.658. The fraction of sp³-hybridized carbons (Fsp3) is 0.895. The molecule has 0 amide bonds. The Morgan fingerprint density at radius 2 is 2.00 bits per heavy atom. The summed E-state index contributed by atoms with van der Waals surface area (Å²) in [5.74, 6) is 1.84. The van der Waals surface area contributed by atoms with E-state index < -0.39 is 0 Å². The summed E-state index contributed by atoms with van der Waals surface area (Å²) in [6, 6.07) is 0.691. The van der Waals surface area contributed by atoms with Crippen LogP contribution in [0.1, 0.15) is 84.5 Å². The largest absolute Gasteiger partial charge is 0.310 e. The Balaban J connectivity index is 2.04. The number of nitrogens with one attached hydrogen (secondary N) is 1. The molecule has 20 heavy (non-hydrogen) atoms. The van der Waals surface area contributed by atoms with Crippen molar-refractivity contribution in [3.63, 3.8) is 0 Å². The van der Waals surface area contributed by atoms with Gasteiger partial charge >= 0.3 is 0 Å². The van der Waals surface area contributed by atoms with E-state index >= 15 is 0 Å². The van der Waals surface area contributed by atoms with Gasteiger partial charge in [0.1, 0.15) is 0 Å². The van der Waals surface area contributed by atoms with Gasteiger partial charge in [-0.05, 0) is 63.3 Å². The minimum absolute atomic E-state index is 0.691. The van der Waals surface area contributed by atoms with Crippen molar-refractivity contribution in [3.8, 4) is 0 Å². The van der Waals surface area contributed by atoms with Crippen LogP contribution in [0, 0.1) is 11.8 Å². The van der Waals surface area contributed by atoms with Crippen LogP contribution in [0.25, 0.3) is 0 Å². The van der Waals surface area contributed by atoms with E-state index in [9.17, 15) is 0 Å². The molecule has 0 radical (unpaired) electrons. The van der Waals surface area contributed by atoms with Crippen molar-refractivity contribution in [1.29, 1.82) is 0 Å². The molecule has 0 aromatic carbocycles. The van der Waals surface area contributed by atoms with Crippen LogP contribution in [0.5, 0.6) is 0 Å². The SMILES string of the molecule is CCCNC(C1=CCCCCCC1)C1CCCC(C)C1. The zero-order valence-corrected chi connectivity index (χ0v) is 13.8. The van der Waals surface area contributed by atoms with E-state index in [-0.39, 0.29) is 0 Å². The first kappa shape index (κ1) is 16.1. The second-order valence-electron chi connectivity index (χ2n) is 7.20. The van der Waals surface area contributed by atoms with E-state index in [0.29, 0.717) is 6.04 Å². The van der Waals surface area contributed by atoms with E-state index in [4.69, 9.17) is 0 Å². The average Bonchev–Trinajstić information content (AvgIpc) is 2.41. The lowest BCUT2D eigenvalue weighted by atomic mass is 9.75. The van der Waals surface area contributed by atoms with Gasteiger partial charge in [-0.3, -0.25) is 0 Å². The minimum Gasteiger partial charge on any atom is -0.310 e. The molecule has 116 valence electrons. The molecule has 1 heteroatoms. The normalized spacial score (nSPS) is 30.2. The van der Waals surface area contributed by atoms with Gasteiger partial charge in [0.2, 0.25) is 0 Å². The van der Waals surface area contributed by atoms with Gasteiger partial charge in [0.05, 0.1) is 0 Å². The second-order valence-corrected chi connectivity index (χ2v) is 7.20. The van der Waals surface area contributed by atoms with Crippen LogP contribution < -0.4 is 5.32 Å². The summed E-state index contributed by atoms with van der Waals surface area (Å²) in [5, 5.41) is 3.91. The molecule has 0 spiro atoms. The van der Waals surface area contributed by atoms with Crippen molar-refractivity contribution in [2.45, 2.75) is 90.5 Å². The molecule has 0 aromatic rings. The van der Waals surface area contributed by atoms with Crippen LogP contribution in [0.3, 0.4) is 0 Å². The van der Waals surface area contributed by atoms with E-state index in [1.165, 1.54) is 77.2 Å². The van der Waals surface area contributed by atoms with Crippen LogP contribution in [-0.2, 0) is 0 Å². The molecule has 0 saturated heterocycles. The van der Waals surface area contributed by atoms with Gasteiger partial charge in [-0.2, -0.15) is 0 Å². The molecular weight excluding hydrogens is 242 g/mol. The van der Waals surface area contributed by atoms with Crippen molar-refractivity contribution < 1.29 is 0 Å². The van der Waals surface area contributed by atoms with Gasteiger partial charge in [-0.15, -0.1) is 0 Å². The van der Waals surface area contributed by atoms with Gasteiger partial charge < -0.3 is 5.32 Å². The molecular formula is C19H35N. The maximum Gasteiger partial charge on any atom is 0.0307 e. The molecule has 1 saturated carbocycles. The highest BCUT2D eigenvalue weighted by Gasteiger charge is 2.28. The van der Waals surface area contributed by atoms with Gasteiger partial charge in [-0.1, -0.05) is 51.2 Å². The fourth-order valence-electron chi connectivity index (χ4n) is 4.18. The lowest BCUT2D eigenvalue weighted by molar-refractivity contribution is 0.236. The molecule has 0 heterocycles. The van der Waals surface area contributed by atoms with E-state index in [1.54, 1.807) is 5.57 Å². The molecule has 1 fully saturated rings. The van der Waals surface area contributed by atoms with Crippen molar-refractivity contribution in [2.75, 3.05) is 6.54 Å². The zero-order chi connectivity index (χ0) is 14.2. The third kappa shape index (κ3) is 4.91. The Morgan fingerprint density at radius 3 is 2.80 bits per heavy atom. The minimum atomic E-state index is 0.691. The van der Waals surface area contributed by atoms with Crippen LogP contribution >= 0.6 is 0 Å². The summed E-state index contributed by atoms with van der Waals surface area (Å²) in [5.41, 5.74) is 1.76. The van der Waals surface area contributed by atoms with E-state index in [0.717, 1.165) is 11.8 Å². The number of rotatable bonds is 5. The Labute approximate surface area is 126 Å². The average molecular weight is 277 g/mol. The molecule has 2 aliphatic carbocycles. The molecule has 2 rings (SSSR count). The predicted molar refractivity (Wildman–Crippen MR) is 89.0 cm³/mol. The second kappa shape index (κ2) is 8.87. The van der Waals surface area contributed by atoms with Crippen molar-refractivity contribution in [2.24, 2.45) is 11.8 Å². The lowest BCUT2D eigenvalue weighted by Crippen LogP contribution is -2.40. The number of allylic oxidation sites excluding steroid dienone is 1.